The Balaban J connectivity index is 2.12. The molecule has 2 amide bonds. The Labute approximate surface area is 150 Å². The van der Waals surface area contributed by atoms with Crippen LogP contribution in [0, 0.1) is 11.8 Å². The number of hydrogen-bond acceptors (Lipinski definition) is 3. The molecule has 0 saturated heterocycles. The molecule has 2 fully saturated rings. The van der Waals surface area contributed by atoms with Gasteiger partial charge in [-0.25, -0.2) is 0 Å². The molecule has 0 aromatic carbocycles. The van der Waals surface area contributed by atoms with E-state index in [0.29, 0.717) is 45.2 Å². The lowest BCUT2D eigenvalue weighted by Gasteiger charge is -2.41. The Hall–Kier alpha value is -1.59. The number of amides is 2. The molecule has 0 aliphatic heterocycles. The smallest absolute Gasteiger partial charge is 0.306 e. The maximum atomic E-state index is 13.1. The third kappa shape index (κ3) is 4.53. The fourth-order valence-electron chi connectivity index (χ4n) is 4.35. The van der Waals surface area contributed by atoms with Crippen molar-refractivity contribution in [2.75, 3.05) is 13.1 Å². The predicted molar refractivity (Wildman–Crippen MR) is 95.0 cm³/mol. The van der Waals surface area contributed by atoms with Gasteiger partial charge in [0.1, 0.15) is 5.54 Å². The average Bonchev–Trinajstić information content (AvgIpc) is 2.63. The summed E-state index contributed by atoms with van der Waals surface area (Å²) < 4.78 is 0. The molecular formula is C19H32N2O4. The molecule has 0 radical (unpaired) electrons. The highest BCUT2D eigenvalue weighted by molar-refractivity contribution is 5.92. The van der Waals surface area contributed by atoms with Crippen molar-refractivity contribution in [3.8, 4) is 0 Å². The van der Waals surface area contributed by atoms with Gasteiger partial charge in [0.05, 0.1) is 5.92 Å². The minimum absolute atomic E-state index is 0.0242. The van der Waals surface area contributed by atoms with Crippen LogP contribution in [0.4, 0.5) is 0 Å². The second kappa shape index (κ2) is 8.68. The molecule has 6 heteroatoms. The van der Waals surface area contributed by atoms with Gasteiger partial charge >= 0.3 is 5.97 Å². The number of carbonyl (C=O) groups is 3. The summed E-state index contributed by atoms with van der Waals surface area (Å²) in [6, 6.07) is 0. The van der Waals surface area contributed by atoms with Crippen LogP contribution in [0.15, 0.2) is 0 Å². The molecule has 6 nitrogen and oxygen atoms in total. The van der Waals surface area contributed by atoms with Gasteiger partial charge in [-0.15, -0.1) is 0 Å². The number of rotatable bonds is 6. The van der Waals surface area contributed by atoms with Crippen molar-refractivity contribution in [2.24, 2.45) is 11.8 Å². The van der Waals surface area contributed by atoms with Crippen LogP contribution in [0.1, 0.15) is 71.6 Å². The first-order valence-electron chi connectivity index (χ1n) is 9.77. The van der Waals surface area contributed by atoms with Gasteiger partial charge in [-0.3, -0.25) is 14.4 Å². The van der Waals surface area contributed by atoms with Gasteiger partial charge in [-0.2, -0.15) is 0 Å². The Morgan fingerprint density at radius 2 is 1.60 bits per heavy atom. The molecule has 0 heterocycles. The van der Waals surface area contributed by atoms with Crippen molar-refractivity contribution in [2.45, 2.75) is 77.2 Å². The minimum atomic E-state index is -0.816. The number of carboxylic acid groups (broad SMARTS) is 1. The van der Waals surface area contributed by atoms with Gasteiger partial charge in [0.2, 0.25) is 11.8 Å². The number of carboxylic acids is 1. The Kier molecular flexibility index (Phi) is 6.85. The van der Waals surface area contributed by atoms with Crippen molar-refractivity contribution < 1.29 is 19.5 Å². The highest BCUT2D eigenvalue weighted by atomic mass is 16.4. The number of nitrogens with one attached hydrogen (secondary N) is 1. The van der Waals surface area contributed by atoms with Crippen LogP contribution in [0.25, 0.3) is 0 Å². The number of nitrogens with zero attached hydrogens (tertiary/aromatic N) is 1. The van der Waals surface area contributed by atoms with Gasteiger partial charge < -0.3 is 15.3 Å². The largest absolute Gasteiger partial charge is 0.481 e. The summed E-state index contributed by atoms with van der Waals surface area (Å²) in [6.07, 6.45) is 6.84. The maximum absolute atomic E-state index is 13.1. The van der Waals surface area contributed by atoms with E-state index in [1.54, 1.807) is 4.90 Å². The topological polar surface area (TPSA) is 86.7 Å². The highest BCUT2D eigenvalue weighted by Crippen LogP contribution is 2.33. The summed E-state index contributed by atoms with van der Waals surface area (Å²) in [5, 5.41) is 12.3. The Bertz CT molecular complexity index is 496. The quantitative estimate of drug-likeness (QED) is 0.769. The van der Waals surface area contributed by atoms with Crippen molar-refractivity contribution in [1.82, 2.24) is 10.2 Å². The van der Waals surface area contributed by atoms with E-state index in [4.69, 9.17) is 0 Å². The SMILES string of the molecule is CCN(CC)C(=O)C1(NC(=O)C2CCCC(C(=O)O)C2)CCCCC1. The van der Waals surface area contributed by atoms with Crippen LogP contribution < -0.4 is 5.32 Å². The van der Waals surface area contributed by atoms with Crippen LogP contribution in [0.2, 0.25) is 0 Å². The van der Waals surface area contributed by atoms with E-state index in [-0.39, 0.29) is 17.7 Å². The fraction of sp³-hybridized carbons (Fsp3) is 0.842. The molecule has 0 aromatic rings. The number of aliphatic carboxylic acids is 1. The second-order valence-electron chi connectivity index (χ2n) is 7.51. The van der Waals surface area contributed by atoms with Gasteiger partial charge in [0.15, 0.2) is 0 Å². The molecule has 2 aliphatic carbocycles. The molecule has 2 N–H and O–H groups in total. The molecule has 25 heavy (non-hydrogen) atoms. The Morgan fingerprint density at radius 3 is 2.16 bits per heavy atom. The van der Waals surface area contributed by atoms with Crippen molar-refractivity contribution in [3.05, 3.63) is 0 Å². The van der Waals surface area contributed by atoms with Crippen molar-refractivity contribution >= 4 is 17.8 Å². The summed E-state index contributed by atoms with van der Waals surface area (Å²) >= 11 is 0. The van der Waals surface area contributed by atoms with E-state index in [2.05, 4.69) is 5.32 Å². The first-order chi connectivity index (χ1) is 11.9. The lowest BCUT2D eigenvalue weighted by Crippen LogP contribution is -2.61. The fourth-order valence-corrected chi connectivity index (χ4v) is 4.35. The number of carbonyl (C=O) groups excluding carboxylic acids is 2. The number of likely N-dealkylation sites (N-methyl/N-ethyl adjacent to an activating group) is 1. The monoisotopic (exact) mass is 352 g/mol. The van der Waals surface area contributed by atoms with Gasteiger partial charge in [0.25, 0.3) is 0 Å². The van der Waals surface area contributed by atoms with Gasteiger partial charge in [-0.05, 0) is 46.0 Å². The standard InChI is InChI=1S/C19H32N2O4/c1-3-21(4-2)18(25)19(11-6-5-7-12-19)20-16(22)14-9-8-10-15(13-14)17(23)24/h14-15H,3-13H2,1-2H3,(H,20,22)(H,23,24). The third-order valence-corrected chi connectivity index (χ3v) is 5.92. The average molecular weight is 352 g/mol. The summed E-state index contributed by atoms with van der Waals surface area (Å²) in [6.45, 7) is 5.19. The van der Waals surface area contributed by atoms with Crippen molar-refractivity contribution in [1.29, 1.82) is 0 Å². The first kappa shape index (κ1) is 19.7. The van der Waals surface area contributed by atoms with E-state index < -0.39 is 17.4 Å². The van der Waals surface area contributed by atoms with Gasteiger partial charge in [-0.1, -0.05) is 25.7 Å². The van der Waals surface area contributed by atoms with Crippen LogP contribution in [-0.2, 0) is 14.4 Å². The first-order valence-corrected chi connectivity index (χ1v) is 9.77. The summed E-state index contributed by atoms with van der Waals surface area (Å²) in [5.41, 5.74) is -0.794. The summed E-state index contributed by atoms with van der Waals surface area (Å²) in [4.78, 5) is 39.0. The lowest BCUT2D eigenvalue weighted by molar-refractivity contribution is -0.147. The molecule has 0 bridgehead atoms. The van der Waals surface area contributed by atoms with E-state index in [1.807, 2.05) is 13.8 Å². The van der Waals surface area contributed by atoms with Crippen LogP contribution in [-0.4, -0.2) is 46.4 Å². The number of hydrogen-bond donors (Lipinski definition) is 2. The predicted octanol–water partition coefficient (Wildman–Crippen LogP) is 2.56. The lowest BCUT2D eigenvalue weighted by atomic mass is 9.77. The summed E-state index contributed by atoms with van der Waals surface area (Å²) in [5.74, 6) is -1.66. The molecule has 2 atom stereocenters. The molecule has 2 aliphatic rings. The zero-order valence-electron chi connectivity index (χ0n) is 15.6. The molecule has 2 unspecified atom stereocenters. The zero-order chi connectivity index (χ0) is 18.4. The van der Waals surface area contributed by atoms with E-state index in [0.717, 1.165) is 25.7 Å². The summed E-state index contributed by atoms with van der Waals surface area (Å²) in [7, 11) is 0. The van der Waals surface area contributed by atoms with Crippen LogP contribution >= 0.6 is 0 Å². The third-order valence-electron chi connectivity index (χ3n) is 5.92. The normalized spacial score (nSPS) is 25.8. The maximum Gasteiger partial charge on any atom is 0.306 e. The second-order valence-corrected chi connectivity index (χ2v) is 7.51. The molecule has 0 spiro atoms. The van der Waals surface area contributed by atoms with E-state index >= 15 is 0 Å². The van der Waals surface area contributed by atoms with E-state index in [1.165, 1.54) is 0 Å². The molecular weight excluding hydrogens is 320 g/mol. The molecule has 2 saturated carbocycles. The van der Waals surface area contributed by atoms with Gasteiger partial charge in [0, 0.05) is 19.0 Å². The zero-order valence-corrected chi connectivity index (χ0v) is 15.6. The van der Waals surface area contributed by atoms with Crippen molar-refractivity contribution in [3.63, 3.8) is 0 Å². The van der Waals surface area contributed by atoms with Crippen LogP contribution in [0.3, 0.4) is 0 Å². The molecule has 0 aromatic heterocycles. The Morgan fingerprint density at radius 1 is 1.00 bits per heavy atom. The minimum Gasteiger partial charge on any atom is -0.481 e. The highest BCUT2D eigenvalue weighted by Gasteiger charge is 2.44. The van der Waals surface area contributed by atoms with Crippen LogP contribution in [0.5, 0.6) is 0 Å². The molecule has 142 valence electrons. The van der Waals surface area contributed by atoms with E-state index in [9.17, 15) is 19.5 Å². The molecule has 2 rings (SSSR count).